The topological polar surface area (TPSA) is 41.6 Å². The molecule has 1 atom stereocenters. The Morgan fingerprint density at radius 1 is 1.67 bits per heavy atom. The zero-order chi connectivity index (χ0) is 8.97. The van der Waals surface area contributed by atoms with Gasteiger partial charge in [-0.15, -0.1) is 0 Å². The number of likely N-dealkylation sites (N-methyl/N-ethyl adjacent to an activating group) is 1. The third-order valence-corrected chi connectivity index (χ3v) is 1.96. The molecule has 1 aliphatic heterocycles. The quantitative estimate of drug-likeness (QED) is 0.621. The van der Waals surface area contributed by atoms with Crippen LogP contribution in [-0.2, 0) is 9.53 Å². The van der Waals surface area contributed by atoms with Crippen LogP contribution in [0.15, 0.2) is 0 Å². The molecule has 1 rings (SSSR count). The molecular formula is C8H16N2O2. The summed E-state index contributed by atoms with van der Waals surface area (Å²) < 4.78 is 5.37. The molecule has 0 spiro atoms. The first-order valence-electron chi connectivity index (χ1n) is 4.22. The highest BCUT2D eigenvalue weighted by Gasteiger charge is 2.16. The second kappa shape index (κ2) is 4.42. The summed E-state index contributed by atoms with van der Waals surface area (Å²) in [4.78, 5) is 12.6. The highest BCUT2D eigenvalue weighted by molar-refractivity contribution is 5.76. The van der Waals surface area contributed by atoms with E-state index in [0.29, 0.717) is 0 Å². The van der Waals surface area contributed by atoms with Crippen LogP contribution in [0.1, 0.15) is 6.42 Å². The average Bonchev–Trinajstić information content (AvgIpc) is 2.51. The summed E-state index contributed by atoms with van der Waals surface area (Å²) in [5.74, 6) is 0.0295. The van der Waals surface area contributed by atoms with Crippen molar-refractivity contribution in [2.24, 2.45) is 0 Å². The molecule has 0 aromatic heterocycles. The molecule has 0 aromatic carbocycles. The van der Waals surface area contributed by atoms with E-state index in [1.54, 1.807) is 19.0 Å². The molecule has 0 unspecified atom stereocenters. The van der Waals surface area contributed by atoms with E-state index in [0.717, 1.165) is 19.5 Å². The zero-order valence-corrected chi connectivity index (χ0v) is 7.67. The predicted molar refractivity (Wildman–Crippen MR) is 45.9 cm³/mol. The number of rotatable bonds is 3. The van der Waals surface area contributed by atoms with Crippen LogP contribution >= 0.6 is 0 Å². The minimum atomic E-state index is 0.0295. The number of hydrogen-bond acceptors (Lipinski definition) is 3. The van der Waals surface area contributed by atoms with Crippen molar-refractivity contribution < 1.29 is 9.53 Å². The van der Waals surface area contributed by atoms with Gasteiger partial charge in [0.2, 0.25) is 5.91 Å². The van der Waals surface area contributed by atoms with Gasteiger partial charge in [-0.25, -0.2) is 0 Å². The van der Waals surface area contributed by atoms with Crippen molar-refractivity contribution in [2.75, 3.05) is 33.8 Å². The van der Waals surface area contributed by atoms with E-state index in [1.165, 1.54) is 0 Å². The van der Waals surface area contributed by atoms with Gasteiger partial charge in [-0.1, -0.05) is 0 Å². The highest BCUT2D eigenvalue weighted by atomic mass is 16.5. The van der Waals surface area contributed by atoms with E-state index >= 15 is 0 Å². The predicted octanol–water partition coefficient (Wildman–Crippen LogP) is -0.547. The Morgan fingerprint density at radius 2 is 2.42 bits per heavy atom. The van der Waals surface area contributed by atoms with Crippen molar-refractivity contribution in [3.05, 3.63) is 0 Å². The summed E-state index contributed by atoms with van der Waals surface area (Å²) in [6.45, 7) is 2.08. The first kappa shape index (κ1) is 9.48. The maximum absolute atomic E-state index is 11.1. The Balaban J connectivity index is 2.12. The lowest BCUT2D eigenvalue weighted by Gasteiger charge is -2.13. The Kier molecular flexibility index (Phi) is 3.49. The molecule has 12 heavy (non-hydrogen) atoms. The van der Waals surface area contributed by atoms with E-state index in [9.17, 15) is 4.79 Å². The molecule has 0 aliphatic carbocycles. The fourth-order valence-electron chi connectivity index (χ4n) is 1.09. The van der Waals surface area contributed by atoms with Gasteiger partial charge in [-0.2, -0.15) is 0 Å². The van der Waals surface area contributed by atoms with Crippen molar-refractivity contribution in [1.29, 1.82) is 0 Å². The van der Waals surface area contributed by atoms with Gasteiger partial charge in [-0.3, -0.25) is 4.79 Å². The Hall–Kier alpha value is -0.610. The fourth-order valence-corrected chi connectivity index (χ4v) is 1.09. The molecule has 0 radical (unpaired) electrons. The Morgan fingerprint density at radius 3 is 2.92 bits per heavy atom. The molecule has 1 N–H and O–H groups in total. The summed E-state index contributed by atoms with van der Waals surface area (Å²) in [7, 11) is 3.47. The summed E-state index contributed by atoms with van der Waals surface area (Å²) in [5.41, 5.74) is 0. The number of nitrogens with zero attached hydrogens (tertiary/aromatic N) is 1. The molecule has 1 aliphatic rings. The van der Waals surface area contributed by atoms with Crippen LogP contribution in [0.5, 0.6) is 0 Å². The van der Waals surface area contributed by atoms with Crippen LogP contribution in [0.3, 0.4) is 0 Å². The summed E-state index contributed by atoms with van der Waals surface area (Å²) in [6.07, 6.45) is 1.25. The zero-order valence-electron chi connectivity index (χ0n) is 7.67. The number of ether oxygens (including phenoxy) is 1. The second-order valence-electron chi connectivity index (χ2n) is 3.21. The molecule has 1 heterocycles. The Bertz CT molecular complexity index is 153. The van der Waals surface area contributed by atoms with Gasteiger partial charge in [0.05, 0.1) is 6.10 Å². The third-order valence-electron chi connectivity index (χ3n) is 1.96. The number of nitrogens with one attached hydrogen (secondary N) is 1. The van der Waals surface area contributed by atoms with Crippen LogP contribution in [0, 0.1) is 0 Å². The third kappa shape index (κ3) is 2.79. The van der Waals surface area contributed by atoms with Crippen molar-refractivity contribution in [3.63, 3.8) is 0 Å². The molecule has 0 saturated carbocycles. The van der Waals surface area contributed by atoms with E-state index in [-0.39, 0.29) is 18.6 Å². The van der Waals surface area contributed by atoms with Gasteiger partial charge in [0, 0.05) is 20.6 Å². The van der Waals surface area contributed by atoms with Crippen molar-refractivity contribution in [3.8, 4) is 0 Å². The van der Waals surface area contributed by atoms with Gasteiger partial charge in [0.15, 0.2) is 0 Å². The monoisotopic (exact) mass is 172 g/mol. The van der Waals surface area contributed by atoms with Gasteiger partial charge in [0.1, 0.15) is 6.61 Å². The van der Waals surface area contributed by atoms with E-state index < -0.39 is 0 Å². The normalized spacial score (nSPS) is 22.7. The van der Waals surface area contributed by atoms with Crippen LogP contribution in [0.2, 0.25) is 0 Å². The number of amides is 1. The highest BCUT2D eigenvalue weighted by Crippen LogP contribution is 2.02. The molecule has 4 heteroatoms. The van der Waals surface area contributed by atoms with E-state index in [2.05, 4.69) is 5.32 Å². The minimum absolute atomic E-state index is 0.0295. The number of carbonyl (C=O) groups is 1. The fraction of sp³-hybridized carbons (Fsp3) is 0.875. The van der Waals surface area contributed by atoms with Gasteiger partial charge in [0.25, 0.3) is 0 Å². The van der Waals surface area contributed by atoms with E-state index in [4.69, 9.17) is 4.74 Å². The molecule has 1 fully saturated rings. The van der Waals surface area contributed by atoms with E-state index in [1.807, 2.05) is 0 Å². The Labute approximate surface area is 72.9 Å². The summed E-state index contributed by atoms with van der Waals surface area (Å²) >= 11 is 0. The van der Waals surface area contributed by atoms with Crippen molar-refractivity contribution in [1.82, 2.24) is 10.2 Å². The summed E-state index contributed by atoms with van der Waals surface area (Å²) in [5, 5.41) is 3.18. The van der Waals surface area contributed by atoms with Crippen LogP contribution in [-0.4, -0.2) is 50.7 Å². The lowest BCUT2D eigenvalue weighted by Crippen LogP contribution is -2.29. The van der Waals surface area contributed by atoms with Crippen LogP contribution in [0.4, 0.5) is 0 Å². The van der Waals surface area contributed by atoms with Gasteiger partial charge < -0.3 is 15.0 Å². The second-order valence-corrected chi connectivity index (χ2v) is 3.21. The van der Waals surface area contributed by atoms with Gasteiger partial charge in [-0.05, 0) is 13.0 Å². The molecule has 0 bridgehead atoms. The van der Waals surface area contributed by atoms with Crippen molar-refractivity contribution >= 4 is 5.91 Å². The standard InChI is InChI=1S/C8H16N2O2/c1-10(2)8(11)6-12-7-3-4-9-5-7/h7,9H,3-6H2,1-2H3/t7-/m0/s1. The molecule has 0 aromatic rings. The first-order chi connectivity index (χ1) is 5.70. The van der Waals surface area contributed by atoms with Crippen molar-refractivity contribution in [2.45, 2.75) is 12.5 Å². The SMILES string of the molecule is CN(C)C(=O)CO[C@H]1CCNC1. The molecule has 1 amide bonds. The minimum Gasteiger partial charge on any atom is -0.367 e. The lowest BCUT2D eigenvalue weighted by atomic mass is 10.3. The van der Waals surface area contributed by atoms with Crippen LogP contribution in [0.25, 0.3) is 0 Å². The largest absolute Gasteiger partial charge is 0.367 e. The molecule has 1 saturated heterocycles. The summed E-state index contributed by atoms with van der Waals surface area (Å²) in [6, 6.07) is 0. The smallest absolute Gasteiger partial charge is 0.248 e. The number of hydrogen-bond donors (Lipinski definition) is 1. The molecule has 70 valence electrons. The maximum atomic E-state index is 11.1. The molecular weight excluding hydrogens is 156 g/mol. The average molecular weight is 172 g/mol. The number of carbonyl (C=O) groups excluding carboxylic acids is 1. The lowest BCUT2D eigenvalue weighted by molar-refractivity contribution is -0.135. The molecule has 4 nitrogen and oxygen atoms in total. The maximum Gasteiger partial charge on any atom is 0.248 e. The first-order valence-corrected chi connectivity index (χ1v) is 4.22. The van der Waals surface area contributed by atoms with Crippen LogP contribution < -0.4 is 5.32 Å². The van der Waals surface area contributed by atoms with Gasteiger partial charge >= 0.3 is 0 Å².